The van der Waals surface area contributed by atoms with Gasteiger partial charge in [0.1, 0.15) is 6.04 Å². The summed E-state index contributed by atoms with van der Waals surface area (Å²) in [5, 5.41) is 13.9. The molecule has 10 N–H and O–H groups in total. The third kappa shape index (κ3) is 6.50. The Kier molecular flexibility index (Phi) is 7.77. The number of benzene rings is 3. The quantitative estimate of drug-likeness (QED) is 0.142. The molecule has 0 spiro atoms. The van der Waals surface area contributed by atoms with E-state index in [1.807, 2.05) is 30.3 Å². The Morgan fingerprint density at radius 3 is 1.85 bits per heavy atom. The summed E-state index contributed by atoms with van der Waals surface area (Å²) in [5.41, 5.74) is 13.9. The van der Waals surface area contributed by atoms with E-state index in [-0.39, 0.29) is 29.5 Å². The van der Waals surface area contributed by atoms with Gasteiger partial charge in [0.15, 0.2) is 0 Å². The minimum Gasteiger partial charge on any atom is -0.351 e. The van der Waals surface area contributed by atoms with Crippen LogP contribution < -0.4 is 32.3 Å². The van der Waals surface area contributed by atoms with E-state index < -0.39 is 22.0 Å². The van der Waals surface area contributed by atoms with E-state index in [0.29, 0.717) is 11.1 Å². The first kappa shape index (κ1) is 24.6. The molecule has 3 aromatic carbocycles. The summed E-state index contributed by atoms with van der Waals surface area (Å²) in [7, 11) is -4.00. The van der Waals surface area contributed by atoms with Crippen LogP contribution in [0.25, 0.3) is 0 Å². The predicted molar refractivity (Wildman–Crippen MR) is 129 cm³/mol. The van der Waals surface area contributed by atoms with E-state index >= 15 is 0 Å². The number of carbonyl (C=O) groups excluding carboxylic acids is 1. The van der Waals surface area contributed by atoms with Crippen LogP contribution in [0.2, 0.25) is 0 Å². The van der Waals surface area contributed by atoms with Crippen LogP contribution >= 0.6 is 0 Å². The minimum absolute atomic E-state index is 0.00502. The molecule has 0 aliphatic rings. The van der Waals surface area contributed by atoms with Crippen LogP contribution in [0.1, 0.15) is 22.3 Å². The van der Waals surface area contributed by atoms with Crippen molar-refractivity contribution in [2.75, 3.05) is 0 Å². The Balaban J connectivity index is 1.77. The van der Waals surface area contributed by atoms with Gasteiger partial charge in [0.25, 0.3) is 11.7 Å². The van der Waals surface area contributed by atoms with Crippen molar-refractivity contribution in [2.24, 2.45) is 11.5 Å². The van der Waals surface area contributed by atoms with Gasteiger partial charge in [0.2, 0.25) is 15.9 Å². The lowest BCUT2D eigenvalue weighted by Gasteiger charge is -2.19. The van der Waals surface area contributed by atoms with E-state index in [1.165, 1.54) is 24.3 Å². The SMILES string of the molecule is NC(=[NH2+])c1ccc(CNC(=O)[C@@H](Cc2ccccc2)NS(=O)(=O)c2ccc(C(N)=[NH2+])cc2)cc1. The third-order valence-electron chi connectivity index (χ3n) is 5.15. The second kappa shape index (κ2) is 10.7. The number of amidine groups is 2. The normalized spacial score (nSPS) is 12.0. The van der Waals surface area contributed by atoms with Gasteiger partial charge >= 0.3 is 0 Å². The fourth-order valence-electron chi connectivity index (χ4n) is 3.25. The van der Waals surface area contributed by atoms with E-state index in [0.717, 1.165) is 11.1 Å². The van der Waals surface area contributed by atoms with Crippen LogP contribution in [0.5, 0.6) is 0 Å². The standard InChI is InChI=1S/C24H26N6O3S/c25-22(26)18-8-6-17(7-9-18)15-29-24(31)21(14-16-4-2-1-3-5-16)30-34(32,33)20-12-10-19(11-13-20)23(27)28/h1-13,21,30H,14-15H2,(H3,25,26)(H3,27,28)(H,29,31)/p+2/t21-/m1/s1. The Morgan fingerprint density at radius 1 is 0.794 bits per heavy atom. The van der Waals surface area contributed by atoms with Crippen molar-refractivity contribution >= 4 is 27.6 Å². The fourth-order valence-corrected chi connectivity index (χ4v) is 4.44. The number of amides is 1. The predicted octanol–water partition coefficient (Wildman–Crippen LogP) is -2.18. The van der Waals surface area contributed by atoms with Gasteiger partial charge in [0, 0.05) is 6.54 Å². The highest BCUT2D eigenvalue weighted by molar-refractivity contribution is 7.89. The molecule has 0 aromatic heterocycles. The Labute approximate surface area is 198 Å². The average molecular weight is 481 g/mol. The summed E-state index contributed by atoms with van der Waals surface area (Å²) < 4.78 is 28.5. The largest absolute Gasteiger partial charge is 0.351 e. The molecular formula is C24H28N6O3S+2. The van der Waals surface area contributed by atoms with Crippen molar-refractivity contribution in [1.82, 2.24) is 10.0 Å². The van der Waals surface area contributed by atoms with Gasteiger partial charge in [-0.05, 0) is 53.9 Å². The van der Waals surface area contributed by atoms with E-state index in [4.69, 9.17) is 22.3 Å². The molecule has 3 rings (SSSR count). The van der Waals surface area contributed by atoms with E-state index in [9.17, 15) is 13.2 Å². The zero-order valence-electron chi connectivity index (χ0n) is 18.4. The van der Waals surface area contributed by atoms with Gasteiger partial charge in [-0.3, -0.25) is 27.1 Å². The van der Waals surface area contributed by atoms with Crippen molar-refractivity contribution in [3.05, 3.63) is 101 Å². The lowest BCUT2D eigenvalue weighted by atomic mass is 10.1. The first-order valence-electron chi connectivity index (χ1n) is 10.5. The molecule has 34 heavy (non-hydrogen) atoms. The van der Waals surface area contributed by atoms with Crippen LogP contribution in [0.4, 0.5) is 0 Å². The molecule has 0 saturated carbocycles. The molecular weight excluding hydrogens is 452 g/mol. The van der Waals surface area contributed by atoms with Crippen molar-refractivity contribution in [2.45, 2.75) is 23.9 Å². The first-order valence-corrected chi connectivity index (χ1v) is 11.9. The lowest BCUT2D eigenvalue weighted by molar-refractivity contribution is -0.123. The van der Waals surface area contributed by atoms with Gasteiger partial charge in [-0.2, -0.15) is 4.72 Å². The van der Waals surface area contributed by atoms with Crippen molar-refractivity contribution in [3.63, 3.8) is 0 Å². The molecule has 0 saturated heterocycles. The maximum absolute atomic E-state index is 13.0. The van der Waals surface area contributed by atoms with Gasteiger partial charge in [-0.25, -0.2) is 8.42 Å². The Hall–Kier alpha value is -4.02. The van der Waals surface area contributed by atoms with Crippen molar-refractivity contribution in [1.29, 1.82) is 0 Å². The summed E-state index contributed by atoms with van der Waals surface area (Å²) in [6.45, 7) is 0.205. The van der Waals surface area contributed by atoms with Gasteiger partial charge in [0.05, 0.1) is 16.0 Å². The van der Waals surface area contributed by atoms with Gasteiger partial charge < -0.3 is 5.32 Å². The highest BCUT2D eigenvalue weighted by Crippen LogP contribution is 2.13. The lowest BCUT2D eigenvalue weighted by Crippen LogP contribution is -2.48. The van der Waals surface area contributed by atoms with Gasteiger partial charge in [-0.1, -0.05) is 42.5 Å². The number of carbonyl (C=O) groups is 1. The molecule has 0 heterocycles. The summed E-state index contributed by atoms with van der Waals surface area (Å²) in [6, 6.07) is 21.0. The number of nitrogens with one attached hydrogen (secondary N) is 2. The Bertz CT molecular complexity index is 1270. The summed E-state index contributed by atoms with van der Waals surface area (Å²) >= 11 is 0. The second-order valence-electron chi connectivity index (χ2n) is 7.71. The summed E-state index contributed by atoms with van der Waals surface area (Å²) in [4.78, 5) is 13.0. The zero-order chi connectivity index (χ0) is 24.7. The highest BCUT2D eigenvalue weighted by Gasteiger charge is 2.26. The molecule has 1 amide bonds. The van der Waals surface area contributed by atoms with E-state index in [2.05, 4.69) is 10.0 Å². The molecule has 0 radical (unpaired) electrons. The Morgan fingerprint density at radius 2 is 1.32 bits per heavy atom. The monoisotopic (exact) mass is 480 g/mol. The molecule has 0 aliphatic carbocycles. The average Bonchev–Trinajstić information content (AvgIpc) is 2.83. The van der Waals surface area contributed by atoms with Crippen LogP contribution in [-0.2, 0) is 27.8 Å². The molecule has 9 nitrogen and oxygen atoms in total. The molecule has 0 unspecified atom stereocenters. The molecule has 10 heteroatoms. The fraction of sp³-hybridized carbons (Fsp3) is 0.125. The smallest absolute Gasteiger partial charge is 0.270 e. The molecule has 1 atom stereocenters. The zero-order valence-corrected chi connectivity index (χ0v) is 19.3. The van der Waals surface area contributed by atoms with Gasteiger partial charge in [-0.15, -0.1) is 0 Å². The molecule has 0 bridgehead atoms. The number of sulfonamides is 1. The highest BCUT2D eigenvalue weighted by atomic mass is 32.2. The third-order valence-corrected chi connectivity index (χ3v) is 6.64. The minimum atomic E-state index is -4.00. The first-order chi connectivity index (χ1) is 16.2. The number of hydrogen-bond donors (Lipinski definition) is 6. The topological polar surface area (TPSA) is 178 Å². The molecule has 0 aliphatic heterocycles. The summed E-state index contributed by atoms with van der Waals surface area (Å²) in [5.74, 6) is -0.177. The van der Waals surface area contributed by atoms with Crippen LogP contribution in [0.3, 0.4) is 0 Å². The maximum Gasteiger partial charge on any atom is 0.270 e. The number of rotatable bonds is 10. The number of nitrogens with two attached hydrogens (primary N) is 4. The maximum atomic E-state index is 13.0. The van der Waals surface area contributed by atoms with Crippen LogP contribution in [-0.4, -0.2) is 32.0 Å². The second-order valence-corrected chi connectivity index (χ2v) is 9.43. The van der Waals surface area contributed by atoms with E-state index in [1.54, 1.807) is 24.3 Å². The molecule has 0 fully saturated rings. The van der Waals surface area contributed by atoms with Crippen LogP contribution in [0, 0.1) is 0 Å². The summed E-state index contributed by atoms with van der Waals surface area (Å²) in [6.07, 6.45) is 0.172. The van der Waals surface area contributed by atoms with Crippen molar-refractivity contribution in [3.8, 4) is 0 Å². The molecule has 3 aromatic rings. The van der Waals surface area contributed by atoms with Crippen LogP contribution in [0.15, 0.2) is 83.8 Å². The molecule has 176 valence electrons. The van der Waals surface area contributed by atoms with Crippen molar-refractivity contribution < 1.29 is 24.0 Å². The number of hydrogen-bond acceptors (Lipinski definition) is 3.